The van der Waals surface area contributed by atoms with E-state index in [0.29, 0.717) is 22.8 Å². The number of nitrogens with one attached hydrogen (secondary N) is 1. The van der Waals surface area contributed by atoms with Gasteiger partial charge in [0.25, 0.3) is 11.6 Å². The number of hydrogen-bond donors (Lipinski definition) is 1. The number of benzene rings is 2. The first kappa shape index (κ1) is 17.1. The van der Waals surface area contributed by atoms with E-state index in [4.69, 9.17) is 4.74 Å². The van der Waals surface area contributed by atoms with Crippen molar-refractivity contribution >= 4 is 17.3 Å². The molecule has 9 nitrogen and oxygen atoms in total. The molecule has 0 saturated carbocycles. The minimum absolute atomic E-state index is 0.0718. The van der Waals surface area contributed by atoms with Crippen LogP contribution in [0.15, 0.2) is 48.5 Å². The van der Waals surface area contributed by atoms with Crippen molar-refractivity contribution < 1.29 is 14.5 Å². The second-order valence-corrected chi connectivity index (χ2v) is 5.37. The van der Waals surface area contributed by atoms with Gasteiger partial charge in [0.1, 0.15) is 5.75 Å². The van der Waals surface area contributed by atoms with E-state index in [-0.39, 0.29) is 11.4 Å². The lowest BCUT2D eigenvalue weighted by Crippen LogP contribution is -2.14. The molecule has 0 fully saturated rings. The smallest absolute Gasteiger partial charge is 0.278 e. The van der Waals surface area contributed by atoms with Crippen molar-refractivity contribution in [3.63, 3.8) is 0 Å². The highest BCUT2D eigenvalue weighted by Crippen LogP contribution is 2.24. The lowest BCUT2D eigenvalue weighted by Gasteiger charge is -2.09. The number of nitro groups is 1. The number of para-hydroxylation sites is 2. The maximum Gasteiger partial charge on any atom is 0.278 e. The maximum absolute atomic E-state index is 12.5. The molecular formula is C17H15N5O4. The van der Waals surface area contributed by atoms with Crippen LogP contribution in [-0.4, -0.2) is 32.9 Å². The number of anilines is 1. The number of carbonyl (C=O) groups excluding carboxylic acids is 1. The van der Waals surface area contributed by atoms with Gasteiger partial charge in [-0.25, -0.2) is 4.68 Å². The second kappa shape index (κ2) is 7.01. The summed E-state index contributed by atoms with van der Waals surface area (Å²) in [5.74, 6) is 0.0632. The Kier molecular flexibility index (Phi) is 4.61. The first-order valence-corrected chi connectivity index (χ1v) is 7.62. The van der Waals surface area contributed by atoms with Crippen LogP contribution in [0.25, 0.3) is 5.69 Å². The summed E-state index contributed by atoms with van der Waals surface area (Å²) in [6.45, 7) is 1.66. The molecule has 2 aromatic carbocycles. The highest BCUT2D eigenvalue weighted by molar-refractivity contribution is 6.04. The molecule has 0 aliphatic heterocycles. The molecule has 0 aliphatic carbocycles. The molecule has 3 aromatic rings. The monoisotopic (exact) mass is 353 g/mol. The van der Waals surface area contributed by atoms with Gasteiger partial charge in [-0.05, 0) is 25.1 Å². The zero-order chi connectivity index (χ0) is 18.7. The summed E-state index contributed by atoms with van der Waals surface area (Å²) >= 11 is 0. The summed E-state index contributed by atoms with van der Waals surface area (Å²) in [6.07, 6.45) is 0. The summed E-state index contributed by atoms with van der Waals surface area (Å²) in [7, 11) is 1.51. The average Bonchev–Trinajstić information content (AvgIpc) is 3.03. The summed E-state index contributed by atoms with van der Waals surface area (Å²) in [4.78, 5) is 23.0. The van der Waals surface area contributed by atoms with Crippen LogP contribution in [0.3, 0.4) is 0 Å². The number of nitrogens with zero attached hydrogens (tertiary/aromatic N) is 4. The number of rotatable bonds is 5. The van der Waals surface area contributed by atoms with Crippen LogP contribution in [0, 0.1) is 17.0 Å². The van der Waals surface area contributed by atoms with Crippen molar-refractivity contribution in [1.82, 2.24) is 15.0 Å². The first-order valence-electron chi connectivity index (χ1n) is 7.62. The zero-order valence-electron chi connectivity index (χ0n) is 14.0. The van der Waals surface area contributed by atoms with Gasteiger partial charge in [0.15, 0.2) is 5.69 Å². The van der Waals surface area contributed by atoms with Crippen LogP contribution >= 0.6 is 0 Å². The van der Waals surface area contributed by atoms with Crippen LogP contribution in [0.4, 0.5) is 11.4 Å². The standard InChI is InChI=1S/C17H15N5O4/c1-11-16(17(23)18-14-8-3-4-9-15(14)26-2)19-20-21(11)12-6-5-7-13(10-12)22(24)25/h3-10H,1-2H3,(H,18,23). The Bertz CT molecular complexity index is 983. The molecule has 0 spiro atoms. The lowest BCUT2D eigenvalue weighted by atomic mass is 10.2. The predicted octanol–water partition coefficient (Wildman–Crippen LogP) is 2.74. The van der Waals surface area contributed by atoms with Gasteiger partial charge in [0, 0.05) is 12.1 Å². The highest BCUT2D eigenvalue weighted by atomic mass is 16.6. The number of ether oxygens (including phenoxy) is 1. The van der Waals surface area contributed by atoms with Crippen LogP contribution in [0.2, 0.25) is 0 Å². The van der Waals surface area contributed by atoms with E-state index in [9.17, 15) is 14.9 Å². The van der Waals surface area contributed by atoms with E-state index in [2.05, 4.69) is 15.6 Å². The molecule has 0 unspecified atom stereocenters. The molecule has 1 N–H and O–H groups in total. The molecule has 132 valence electrons. The summed E-state index contributed by atoms with van der Waals surface area (Å²) in [5, 5.41) is 21.5. The molecule has 26 heavy (non-hydrogen) atoms. The molecule has 0 radical (unpaired) electrons. The molecule has 9 heteroatoms. The number of nitro benzene ring substituents is 1. The van der Waals surface area contributed by atoms with Gasteiger partial charge in [-0.15, -0.1) is 5.10 Å². The molecule has 0 aliphatic rings. The Morgan fingerprint density at radius 3 is 2.73 bits per heavy atom. The number of methoxy groups -OCH3 is 1. The maximum atomic E-state index is 12.5. The minimum Gasteiger partial charge on any atom is -0.495 e. The topological polar surface area (TPSA) is 112 Å². The molecule has 0 bridgehead atoms. The quantitative estimate of drug-likeness (QED) is 0.557. The summed E-state index contributed by atoms with van der Waals surface area (Å²) in [6, 6.07) is 12.9. The molecular weight excluding hydrogens is 338 g/mol. The lowest BCUT2D eigenvalue weighted by molar-refractivity contribution is -0.384. The molecule has 3 rings (SSSR count). The van der Waals surface area contributed by atoms with Gasteiger partial charge < -0.3 is 10.1 Å². The fraction of sp³-hybridized carbons (Fsp3) is 0.118. The van der Waals surface area contributed by atoms with Crippen molar-refractivity contribution in [2.75, 3.05) is 12.4 Å². The van der Waals surface area contributed by atoms with Crippen LogP contribution in [0.1, 0.15) is 16.2 Å². The third-order valence-electron chi connectivity index (χ3n) is 3.75. The van der Waals surface area contributed by atoms with Gasteiger partial charge in [-0.2, -0.15) is 0 Å². The van der Waals surface area contributed by atoms with Crippen LogP contribution in [0.5, 0.6) is 5.75 Å². The molecule has 0 atom stereocenters. The van der Waals surface area contributed by atoms with Crippen molar-refractivity contribution in [3.8, 4) is 11.4 Å². The average molecular weight is 353 g/mol. The Morgan fingerprint density at radius 1 is 1.23 bits per heavy atom. The Hall–Kier alpha value is -3.75. The third kappa shape index (κ3) is 3.22. The molecule has 1 amide bonds. The highest BCUT2D eigenvalue weighted by Gasteiger charge is 2.19. The van der Waals surface area contributed by atoms with Gasteiger partial charge in [0.05, 0.1) is 29.1 Å². The van der Waals surface area contributed by atoms with E-state index in [1.165, 1.54) is 23.9 Å². The van der Waals surface area contributed by atoms with Crippen molar-refractivity contribution in [2.24, 2.45) is 0 Å². The van der Waals surface area contributed by atoms with E-state index in [1.54, 1.807) is 43.3 Å². The van der Waals surface area contributed by atoms with Gasteiger partial charge in [0.2, 0.25) is 0 Å². The number of aromatic nitrogens is 3. The Morgan fingerprint density at radius 2 is 2.00 bits per heavy atom. The van der Waals surface area contributed by atoms with E-state index in [1.807, 2.05) is 0 Å². The van der Waals surface area contributed by atoms with Crippen molar-refractivity contribution in [3.05, 3.63) is 70.0 Å². The summed E-state index contributed by atoms with van der Waals surface area (Å²) < 4.78 is 6.58. The van der Waals surface area contributed by atoms with Crippen LogP contribution in [-0.2, 0) is 0 Å². The first-order chi connectivity index (χ1) is 12.5. The van der Waals surface area contributed by atoms with Crippen LogP contribution < -0.4 is 10.1 Å². The summed E-state index contributed by atoms with van der Waals surface area (Å²) in [5.41, 5.74) is 1.45. The molecule has 1 aromatic heterocycles. The number of carbonyl (C=O) groups is 1. The number of non-ortho nitro benzene ring substituents is 1. The molecule has 1 heterocycles. The van der Waals surface area contributed by atoms with E-state index >= 15 is 0 Å². The minimum atomic E-state index is -0.495. The largest absolute Gasteiger partial charge is 0.495 e. The SMILES string of the molecule is COc1ccccc1NC(=O)c1nnn(-c2cccc([N+](=O)[O-])c2)c1C. The van der Waals surface area contributed by atoms with E-state index in [0.717, 1.165) is 0 Å². The second-order valence-electron chi connectivity index (χ2n) is 5.37. The fourth-order valence-electron chi connectivity index (χ4n) is 2.45. The number of amides is 1. The fourth-order valence-corrected chi connectivity index (χ4v) is 2.45. The van der Waals surface area contributed by atoms with Crippen molar-refractivity contribution in [1.29, 1.82) is 0 Å². The Labute approximate surface area is 148 Å². The van der Waals surface area contributed by atoms with Gasteiger partial charge >= 0.3 is 0 Å². The normalized spacial score (nSPS) is 10.4. The predicted molar refractivity (Wildman–Crippen MR) is 93.7 cm³/mol. The third-order valence-corrected chi connectivity index (χ3v) is 3.75. The van der Waals surface area contributed by atoms with Crippen molar-refractivity contribution in [2.45, 2.75) is 6.92 Å². The van der Waals surface area contributed by atoms with Gasteiger partial charge in [-0.3, -0.25) is 14.9 Å². The van der Waals surface area contributed by atoms with Gasteiger partial charge in [-0.1, -0.05) is 23.4 Å². The van der Waals surface area contributed by atoms with E-state index < -0.39 is 10.8 Å². The zero-order valence-corrected chi connectivity index (χ0v) is 14.0. The Balaban J connectivity index is 1.90. The molecule has 0 saturated heterocycles. The number of hydrogen-bond acceptors (Lipinski definition) is 6.